The monoisotopic (exact) mass is 326 g/mol. The van der Waals surface area contributed by atoms with Crippen molar-refractivity contribution >= 4 is 17.6 Å². The summed E-state index contributed by atoms with van der Waals surface area (Å²) < 4.78 is 0. The average molecular weight is 326 g/mol. The topological polar surface area (TPSA) is 92.9 Å². The molecule has 0 spiro atoms. The molecule has 0 unspecified atom stereocenters. The summed E-state index contributed by atoms with van der Waals surface area (Å²) in [6.45, 7) is 3.18. The molecular weight excluding hydrogens is 304 g/mol. The number of nitriles is 1. The molecule has 7 nitrogen and oxygen atoms in total. The molecule has 1 heterocycles. The number of aryl methyl sites for hydroxylation is 1. The summed E-state index contributed by atoms with van der Waals surface area (Å²) in [5, 5.41) is 20.1. The van der Waals surface area contributed by atoms with Crippen molar-refractivity contribution in [1.29, 1.82) is 5.26 Å². The maximum absolute atomic E-state index is 12.0. The van der Waals surface area contributed by atoms with Gasteiger partial charge < -0.3 is 5.32 Å². The summed E-state index contributed by atoms with van der Waals surface area (Å²) in [6, 6.07) is 8.19. The molecule has 7 heteroatoms. The van der Waals surface area contributed by atoms with Crippen molar-refractivity contribution in [2.45, 2.75) is 26.2 Å². The molecule has 0 radical (unpaired) electrons. The Balaban J connectivity index is 1.91. The quantitative estimate of drug-likeness (QED) is 0.281. The minimum absolute atomic E-state index is 0.0467. The van der Waals surface area contributed by atoms with E-state index in [9.17, 15) is 4.79 Å². The number of guanidine groups is 1. The van der Waals surface area contributed by atoms with E-state index in [1.54, 1.807) is 12.1 Å². The van der Waals surface area contributed by atoms with Crippen molar-refractivity contribution in [3.63, 3.8) is 0 Å². The van der Waals surface area contributed by atoms with Gasteiger partial charge in [-0.15, -0.1) is 0 Å². The summed E-state index contributed by atoms with van der Waals surface area (Å²) in [4.78, 5) is 15.9. The van der Waals surface area contributed by atoms with Gasteiger partial charge in [0.05, 0.1) is 5.71 Å². The van der Waals surface area contributed by atoms with Gasteiger partial charge in [0.2, 0.25) is 11.9 Å². The highest BCUT2D eigenvalue weighted by molar-refractivity contribution is 6.04. The van der Waals surface area contributed by atoms with Crippen LogP contribution in [-0.4, -0.2) is 42.7 Å². The van der Waals surface area contributed by atoms with Crippen LogP contribution in [0.5, 0.6) is 0 Å². The van der Waals surface area contributed by atoms with Crippen LogP contribution in [0.15, 0.2) is 34.4 Å². The molecule has 1 aliphatic heterocycles. The number of hydrazone groups is 1. The van der Waals surface area contributed by atoms with Crippen LogP contribution in [0.2, 0.25) is 0 Å². The number of hydrogen-bond acceptors (Lipinski definition) is 4. The van der Waals surface area contributed by atoms with Gasteiger partial charge >= 0.3 is 0 Å². The van der Waals surface area contributed by atoms with Crippen LogP contribution in [0.4, 0.5) is 0 Å². The smallest absolute Gasteiger partial charge is 0.243 e. The third-order valence-electron chi connectivity index (χ3n) is 3.73. The first-order valence-corrected chi connectivity index (χ1v) is 7.94. The second-order valence-corrected chi connectivity index (χ2v) is 5.52. The van der Waals surface area contributed by atoms with Crippen LogP contribution in [0, 0.1) is 18.4 Å². The SMILES string of the molecule is CN=C(NC#N)NCCCN1N=C(c2ccc(C)cc2)CCC1=O. The molecule has 0 bridgehead atoms. The molecule has 0 saturated heterocycles. The fraction of sp³-hybridized carbons (Fsp3) is 0.412. The number of hydrogen-bond donors (Lipinski definition) is 2. The molecule has 2 N–H and O–H groups in total. The second kappa shape index (κ2) is 8.67. The Labute approximate surface area is 142 Å². The van der Waals surface area contributed by atoms with Gasteiger partial charge in [0.25, 0.3) is 0 Å². The van der Waals surface area contributed by atoms with E-state index < -0.39 is 0 Å². The van der Waals surface area contributed by atoms with E-state index in [0.717, 1.165) is 11.3 Å². The molecule has 0 atom stereocenters. The number of nitrogens with one attached hydrogen (secondary N) is 2. The van der Waals surface area contributed by atoms with E-state index in [2.05, 4.69) is 32.9 Å². The van der Waals surface area contributed by atoms with Crippen LogP contribution in [-0.2, 0) is 4.79 Å². The molecule has 2 rings (SSSR count). The van der Waals surface area contributed by atoms with Crippen molar-refractivity contribution in [3.05, 3.63) is 35.4 Å². The Bertz CT molecular complexity index is 671. The van der Waals surface area contributed by atoms with Gasteiger partial charge in [-0.3, -0.25) is 15.1 Å². The Morgan fingerprint density at radius 1 is 1.38 bits per heavy atom. The van der Waals surface area contributed by atoms with Crippen molar-refractivity contribution in [1.82, 2.24) is 15.6 Å². The first-order valence-electron chi connectivity index (χ1n) is 7.94. The number of amides is 1. The Morgan fingerprint density at radius 2 is 2.12 bits per heavy atom. The summed E-state index contributed by atoms with van der Waals surface area (Å²) in [6.07, 6.45) is 3.69. The van der Waals surface area contributed by atoms with E-state index in [0.29, 0.717) is 38.3 Å². The lowest BCUT2D eigenvalue weighted by Gasteiger charge is -2.24. The van der Waals surface area contributed by atoms with E-state index in [1.807, 2.05) is 25.2 Å². The molecule has 126 valence electrons. The molecule has 0 saturated carbocycles. The summed E-state index contributed by atoms with van der Waals surface area (Å²) in [5.41, 5.74) is 3.22. The number of nitrogens with zero attached hydrogens (tertiary/aromatic N) is 4. The van der Waals surface area contributed by atoms with E-state index >= 15 is 0 Å². The first kappa shape index (κ1) is 17.5. The molecule has 24 heavy (non-hydrogen) atoms. The van der Waals surface area contributed by atoms with Crippen molar-refractivity contribution in [2.75, 3.05) is 20.1 Å². The van der Waals surface area contributed by atoms with E-state index in [-0.39, 0.29) is 5.91 Å². The third-order valence-corrected chi connectivity index (χ3v) is 3.73. The standard InChI is InChI=1S/C17H22N6O/c1-13-4-6-14(7-5-13)15-8-9-16(24)23(22-15)11-3-10-20-17(19-2)21-12-18/h4-7H,3,8-11H2,1-2H3,(H2,19,20,21). The largest absolute Gasteiger partial charge is 0.356 e. The minimum atomic E-state index is 0.0467. The first-order chi connectivity index (χ1) is 11.6. The number of aliphatic imine (C=N–C) groups is 1. The zero-order chi connectivity index (χ0) is 17.4. The lowest BCUT2D eigenvalue weighted by Crippen LogP contribution is -2.37. The summed E-state index contributed by atoms with van der Waals surface area (Å²) >= 11 is 0. The Hall–Kier alpha value is -2.88. The van der Waals surface area contributed by atoms with Crippen LogP contribution in [0.1, 0.15) is 30.4 Å². The predicted molar refractivity (Wildman–Crippen MR) is 93.4 cm³/mol. The highest BCUT2D eigenvalue weighted by Crippen LogP contribution is 2.16. The van der Waals surface area contributed by atoms with Gasteiger partial charge in [-0.05, 0) is 18.9 Å². The Kier molecular flexibility index (Phi) is 6.32. The highest BCUT2D eigenvalue weighted by atomic mass is 16.2. The minimum Gasteiger partial charge on any atom is -0.356 e. The molecule has 0 aromatic heterocycles. The lowest BCUT2D eigenvalue weighted by molar-refractivity contribution is -0.131. The van der Waals surface area contributed by atoms with Gasteiger partial charge in [-0.1, -0.05) is 29.8 Å². The van der Waals surface area contributed by atoms with Crippen LogP contribution < -0.4 is 10.6 Å². The molecule has 1 aliphatic rings. The summed E-state index contributed by atoms with van der Waals surface area (Å²) in [5.74, 6) is 0.469. The van der Waals surface area contributed by atoms with Crippen LogP contribution in [0.25, 0.3) is 0 Å². The zero-order valence-corrected chi connectivity index (χ0v) is 14.0. The maximum atomic E-state index is 12.0. The zero-order valence-electron chi connectivity index (χ0n) is 14.0. The molecule has 1 amide bonds. The fourth-order valence-corrected chi connectivity index (χ4v) is 2.40. The van der Waals surface area contributed by atoms with Gasteiger partial charge in [0.1, 0.15) is 0 Å². The molecular formula is C17H22N6O. The van der Waals surface area contributed by atoms with Crippen LogP contribution in [0.3, 0.4) is 0 Å². The second-order valence-electron chi connectivity index (χ2n) is 5.52. The number of benzene rings is 1. The van der Waals surface area contributed by atoms with Crippen molar-refractivity contribution in [3.8, 4) is 6.19 Å². The molecule has 1 aromatic rings. The van der Waals surface area contributed by atoms with Crippen LogP contribution >= 0.6 is 0 Å². The van der Waals surface area contributed by atoms with Crippen molar-refractivity contribution < 1.29 is 4.79 Å². The van der Waals surface area contributed by atoms with E-state index in [1.165, 1.54) is 5.56 Å². The molecule has 1 aromatic carbocycles. The van der Waals surface area contributed by atoms with Gasteiger partial charge in [0.15, 0.2) is 6.19 Å². The molecule has 0 fully saturated rings. The normalized spacial score (nSPS) is 14.9. The maximum Gasteiger partial charge on any atom is 0.243 e. The molecule has 0 aliphatic carbocycles. The predicted octanol–water partition coefficient (Wildman–Crippen LogP) is 1.36. The lowest BCUT2D eigenvalue weighted by atomic mass is 10.0. The number of carbonyl (C=O) groups is 1. The highest BCUT2D eigenvalue weighted by Gasteiger charge is 2.20. The van der Waals surface area contributed by atoms with Gasteiger partial charge in [0, 0.05) is 33.0 Å². The average Bonchev–Trinajstić information content (AvgIpc) is 2.60. The van der Waals surface area contributed by atoms with Crippen molar-refractivity contribution in [2.24, 2.45) is 10.1 Å². The third kappa shape index (κ3) is 4.81. The van der Waals surface area contributed by atoms with E-state index in [4.69, 9.17) is 5.26 Å². The fourth-order valence-electron chi connectivity index (χ4n) is 2.40. The summed E-state index contributed by atoms with van der Waals surface area (Å²) in [7, 11) is 1.60. The number of carbonyl (C=O) groups excluding carboxylic acids is 1. The Morgan fingerprint density at radius 3 is 2.79 bits per heavy atom. The van der Waals surface area contributed by atoms with Gasteiger partial charge in [-0.2, -0.15) is 10.4 Å². The number of rotatable bonds is 5. The van der Waals surface area contributed by atoms with Gasteiger partial charge in [-0.25, -0.2) is 5.01 Å².